The predicted molar refractivity (Wildman–Crippen MR) is 115 cm³/mol. The number of nitrogens with zero attached hydrogens (tertiary/aromatic N) is 3. The highest BCUT2D eigenvalue weighted by Gasteiger charge is 2.24. The lowest BCUT2D eigenvalue weighted by atomic mass is 10.0. The summed E-state index contributed by atoms with van der Waals surface area (Å²) in [5.74, 6) is 0.747. The highest BCUT2D eigenvalue weighted by molar-refractivity contribution is 5.87. The summed E-state index contributed by atoms with van der Waals surface area (Å²) in [6.07, 6.45) is 4.90. The van der Waals surface area contributed by atoms with E-state index in [1.807, 2.05) is 10.7 Å². The van der Waals surface area contributed by atoms with Crippen LogP contribution in [0.15, 0.2) is 54.7 Å². The molecule has 1 fully saturated rings. The van der Waals surface area contributed by atoms with Crippen LogP contribution < -0.4 is 5.32 Å². The van der Waals surface area contributed by atoms with Gasteiger partial charge in [-0.05, 0) is 47.1 Å². The van der Waals surface area contributed by atoms with Gasteiger partial charge in [0.25, 0.3) is 0 Å². The summed E-state index contributed by atoms with van der Waals surface area (Å²) in [5, 5.41) is 7.33. The first kappa shape index (κ1) is 18.1. The minimum absolute atomic E-state index is 0.0528. The first-order valence-electron chi connectivity index (χ1n) is 10.4. The summed E-state index contributed by atoms with van der Waals surface area (Å²) in [7, 11) is 0. The lowest BCUT2D eigenvalue weighted by Gasteiger charge is -2.32. The van der Waals surface area contributed by atoms with Crippen molar-refractivity contribution in [3.63, 3.8) is 0 Å². The van der Waals surface area contributed by atoms with Gasteiger partial charge in [0.15, 0.2) is 0 Å². The number of carbonyl (C=O) groups is 1. The van der Waals surface area contributed by atoms with Crippen LogP contribution in [-0.4, -0.2) is 33.7 Å². The largest absolute Gasteiger partial charge is 0.311 e. The van der Waals surface area contributed by atoms with Crippen molar-refractivity contribution >= 4 is 11.7 Å². The second-order valence-corrected chi connectivity index (χ2v) is 8.17. The Bertz CT molecular complexity index is 1050. The van der Waals surface area contributed by atoms with Gasteiger partial charge in [-0.3, -0.25) is 9.69 Å². The summed E-state index contributed by atoms with van der Waals surface area (Å²) in [6.45, 7) is 4.62. The van der Waals surface area contributed by atoms with E-state index in [9.17, 15) is 4.79 Å². The fraction of sp³-hybridized carbons (Fsp3) is 0.333. The van der Waals surface area contributed by atoms with Crippen LogP contribution in [0.4, 0.5) is 5.82 Å². The fourth-order valence-corrected chi connectivity index (χ4v) is 4.76. The molecule has 148 valence electrons. The van der Waals surface area contributed by atoms with E-state index in [2.05, 4.69) is 57.8 Å². The summed E-state index contributed by atoms with van der Waals surface area (Å²) < 4.78 is 1.98. The topological polar surface area (TPSA) is 50.2 Å². The van der Waals surface area contributed by atoms with Crippen LogP contribution in [0.5, 0.6) is 0 Å². The van der Waals surface area contributed by atoms with E-state index in [4.69, 9.17) is 0 Å². The molecule has 29 heavy (non-hydrogen) atoms. The van der Waals surface area contributed by atoms with Crippen molar-refractivity contribution < 1.29 is 4.79 Å². The van der Waals surface area contributed by atoms with E-state index in [0.717, 1.165) is 44.7 Å². The molecule has 0 radical (unpaired) electrons. The predicted octanol–water partition coefficient (Wildman–Crippen LogP) is 4.25. The van der Waals surface area contributed by atoms with Crippen LogP contribution in [0.3, 0.4) is 0 Å². The van der Waals surface area contributed by atoms with Gasteiger partial charge >= 0.3 is 0 Å². The molecule has 3 aromatic rings. The molecule has 0 spiro atoms. The van der Waals surface area contributed by atoms with E-state index < -0.39 is 0 Å². The molecule has 1 saturated heterocycles. The number of benzene rings is 2. The Hall–Kier alpha value is -2.92. The molecule has 1 N–H and O–H groups in total. The molecule has 2 heterocycles. The minimum atomic E-state index is -0.0528. The van der Waals surface area contributed by atoms with Crippen LogP contribution in [-0.2, 0) is 17.8 Å². The number of hydrogen-bond acceptors (Lipinski definition) is 3. The van der Waals surface area contributed by atoms with Gasteiger partial charge in [-0.1, -0.05) is 42.5 Å². The maximum Gasteiger partial charge on any atom is 0.222 e. The number of likely N-dealkylation sites (tertiary alicyclic amines) is 1. The van der Waals surface area contributed by atoms with Gasteiger partial charge in [-0.25, -0.2) is 4.68 Å². The Kier molecular flexibility index (Phi) is 4.68. The van der Waals surface area contributed by atoms with Crippen molar-refractivity contribution in [2.45, 2.75) is 38.8 Å². The zero-order valence-corrected chi connectivity index (χ0v) is 16.8. The average molecular weight is 386 g/mol. The molecule has 1 amide bonds. The number of rotatable bonds is 4. The Labute approximate surface area is 171 Å². The molecule has 1 aliphatic heterocycles. The Morgan fingerprint density at radius 2 is 1.86 bits per heavy atom. The molecule has 0 bridgehead atoms. The van der Waals surface area contributed by atoms with Crippen molar-refractivity contribution in [3.8, 4) is 11.1 Å². The van der Waals surface area contributed by atoms with E-state index in [-0.39, 0.29) is 5.91 Å². The third-order valence-electron chi connectivity index (χ3n) is 6.14. The van der Waals surface area contributed by atoms with Crippen molar-refractivity contribution in [1.82, 2.24) is 14.7 Å². The summed E-state index contributed by atoms with van der Waals surface area (Å²) in [5.41, 5.74) is 7.08. The first-order valence-corrected chi connectivity index (χ1v) is 10.4. The zero-order chi connectivity index (χ0) is 19.8. The van der Waals surface area contributed by atoms with Crippen molar-refractivity contribution in [3.05, 3.63) is 71.4 Å². The molecule has 1 aromatic heterocycles. The number of anilines is 1. The number of carbonyl (C=O) groups excluding carboxylic acids is 1. The average Bonchev–Trinajstić information content (AvgIpc) is 3.32. The van der Waals surface area contributed by atoms with E-state index in [1.165, 1.54) is 34.7 Å². The van der Waals surface area contributed by atoms with Crippen LogP contribution in [0.1, 0.15) is 42.5 Å². The molecule has 1 aliphatic carbocycles. The van der Waals surface area contributed by atoms with Gasteiger partial charge in [-0.15, -0.1) is 0 Å². The molecule has 5 nitrogen and oxygen atoms in total. The molecular weight excluding hydrogens is 360 g/mol. The van der Waals surface area contributed by atoms with Crippen LogP contribution in [0, 0.1) is 0 Å². The van der Waals surface area contributed by atoms with Crippen molar-refractivity contribution in [2.75, 3.05) is 18.4 Å². The van der Waals surface area contributed by atoms with E-state index in [0.29, 0.717) is 6.04 Å². The van der Waals surface area contributed by atoms with Gasteiger partial charge in [0, 0.05) is 32.6 Å². The van der Waals surface area contributed by atoms with Crippen LogP contribution in [0.2, 0.25) is 0 Å². The van der Waals surface area contributed by atoms with E-state index >= 15 is 0 Å². The molecule has 5 heteroatoms. The molecule has 2 aromatic carbocycles. The standard InChI is InChI=1S/C24H26N4O/c1-17(29)26-24-8-11-25-28(24)21-9-12-27(13-10-21)16-18-6-7-23-20(14-18)15-19-4-2-3-5-22(19)23/h2-8,11,14,21H,9-10,12-13,15-16H2,1H3,(H,26,29). The van der Waals surface area contributed by atoms with Gasteiger partial charge in [0.2, 0.25) is 5.91 Å². The maximum absolute atomic E-state index is 11.4. The minimum Gasteiger partial charge on any atom is -0.311 e. The highest BCUT2D eigenvalue weighted by Crippen LogP contribution is 2.37. The smallest absolute Gasteiger partial charge is 0.222 e. The number of fused-ring (bicyclic) bond motifs is 3. The number of piperidine rings is 1. The second kappa shape index (κ2) is 7.48. The summed E-state index contributed by atoms with van der Waals surface area (Å²) in [4.78, 5) is 13.9. The van der Waals surface area contributed by atoms with Crippen molar-refractivity contribution in [1.29, 1.82) is 0 Å². The molecule has 0 saturated carbocycles. The Balaban J connectivity index is 1.23. The molecular formula is C24H26N4O. The van der Waals surface area contributed by atoms with Gasteiger partial charge < -0.3 is 5.32 Å². The Morgan fingerprint density at radius 1 is 1.07 bits per heavy atom. The molecule has 0 atom stereocenters. The SMILES string of the molecule is CC(=O)Nc1ccnn1C1CCN(Cc2ccc3c(c2)Cc2ccccc2-3)CC1. The van der Waals surface area contributed by atoms with Crippen LogP contribution in [0.25, 0.3) is 11.1 Å². The number of hydrogen-bond donors (Lipinski definition) is 1. The van der Waals surface area contributed by atoms with Crippen LogP contribution >= 0.6 is 0 Å². The first-order chi connectivity index (χ1) is 14.2. The molecule has 5 rings (SSSR count). The summed E-state index contributed by atoms with van der Waals surface area (Å²) in [6, 6.07) is 17.9. The highest BCUT2D eigenvalue weighted by atomic mass is 16.1. The van der Waals surface area contributed by atoms with Crippen molar-refractivity contribution in [2.24, 2.45) is 0 Å². The van der Waals surface area contributed by atoms with Gasteiger partial charge in [0.05, 0.1) is 12.2 Å². The number of nitrogens with one attached hydrogen (secondary N) is 1. The third kappa shape index (κ3) is 3.58. The number of amides is 1. The summed E-state index contributed by atoms with van der Waals surface area (Å²) >= 11 is 0. The quantitative estimate of drug-likeness (QED) is 0.570. The van der Waals surface area contributed by atoms with Gasteiger partial charge in [-0.2, -0.15) is 5.10 Å². The lowest BCUT2D eigenvalue weighted by Crippen LogP contribution is -2.35. The fourth-order valence-electron chi connectivity index (χ4n) is 4.76. The monoisotopic (exact) mass is 386 g/mol. The Morgan fingerprint density at radius 3 is 2.69 bits per heavy atom. The van der Waals surface area contributed by atoms with E-state index in [1.54, 1.807) is 6.20 Å². The maximum atomic E-state index is 11.4. The zero-order valence-electron chi connectivity index (χ0n) is 16.8. The molecule has 2 aliphatic rings. The molecule has 0 unspecified atom stereocenters. The number of aromatic nitrogens is 2. The normalized spacial score (nSPS) is 16.4. The lowest BCUT2D eigenvalue weighted by molar-refractivity contribution is -0.114. The second-order valence-electron chi connectivity index (χ2n) is 8.17. The third-order valence-corrected chi connectivity index (χ3v) is 6.14. The van der Waals surface area contributed by atoms with Gasteiger partial charge in [0.1, 0.15) is 5.82 Å².